The van der Waals surface area contributed by atoms with Crippen LogP contribution in [0, 0.1) is 11.3 Å². The summed E-state index contributed by atoms with van der Waals surface area (Å²) in [6, 6.07) is 5.90. The SMILES string of the molecule is CC(C)=CCC[C@@]1(C)Oc2cc(OCCO)ccc2[C@H]2OC[C@@]3(CCCN(C(=O)OC(C)(C)C)C3)C[C@@H]21. The van der Waals surface area contributed by atoms with Gasteiger partial charge in [0.2, 0.25) is 0 Å². The molecule has 0 saturated carbocycles. The van der Waals surface area contributed by atoms with Crippen molar-refractivity contribution >= 4 is 6.09 Å². The zero-order valence-electron chi connectivity index (χ0n) is 23.5. The highest BCUT2D eigenvalue weighted by Crippen LogP contribution is 2.56. The van der Waals surface area contributed by atoms with Crippen molar-refractivity contribution in [3.05, 3.63) is 35.4 Å². The Morgan fingerprint density at radius 3 is 2.78 bits per heavy atom. The van der Waals surface area contributed by atoms with Gasteiger partial charge in [0.25, 0.3) is 0 Å². The molecule has 3 aliphatic heterocycles. The molecule has 4 atom stereocenters. The monoisotopic (exact) mass is 515 g/mol. The van der Waals surface area contributed by atoms with Crippen molar-refractivity contribution < 1.29 is 28.8 Å². The molecule has 3 aliphatic rings. The fourth-order valence-electron chi connectivity index (χ4n) is 6.13. The third kappa shape index (κ3) is 6.43. The van der Waals surface area contributed by atoms with Crippen LogP contribution in [-0.4, -0.2) is 60.2 Å². The number of likely N-dealkylation sites (tertiary alicyclic amines) is 1. The molecule has 1 amide bonds. The Hall–Kier alpha value is -2.25. The van der Waals surface area contributed by atoms with Crippen LogP contribution < -0.4 is 9.47 Å². The second-order valence-electron chi connectivity index (χ2n) is 12.6. The highest BCUT2D eigenvalue weighted by molar-refractivity contribution is 5.68. The Bertz CT molecular complexity index is 996. The van der Waals surface area contributed by atoms with Gasteiger partial charge in [-0.3, -0.25) is 0 Å². The average molecular weight is 516 g/mol. The predicted molar refractivity (Wildman–Crippen MR) is 143 cm³/mol. The van der Waals surface area contributed by atoms with Crippen LogP contribution >= 0.6 is 0 Å². The van der Waals surface area contributed by atoms with Crippen molar-refractivity contribution in [2.75, 3.05) is 32.9 Å². The number of aliphatic hydroxyl groups excluding tert-OH is 1. The minimum absolute atomic E-state index is 0.0332. The summed E-state index contributed by atoms with van der Waals surface area (Å²) < 4.78 is 24.9. The first kappa shape index (κ1) is 27.8. The highest BCUT2D eigenvalue weighted by atomic mass is 16.6. The molecule has 0 bridgehead atoms. The molecule has 0 aliphatic carbocycles. The average Bonchev–Trinajstić information content (AvgIpc) is 2.81. The second kappa shape index (κ2) is 10.9. The van der Waals surface area contributed by atoms with E-state index < -0.39 is 11.2 Å². The fraction of sp³-hybridized carbons (Fsp3) is 0.700. The van der Waals surface area contributed by atoms with Crippen LogP contribution in [0.15, 0.2) is 29.8 Å². The van der Waals surface area contributed by atoms with E-state index in [9.17, 15) is 4.79 Å². The highest BCUT2D eigenvalue weighted by Gasteiger charge is 2.55. The summed E-state index contributed by atoms with van der Waals surface area (Å²) in [6.45, 7) is 14.4. The molecule has 1 spiro atoms. The topological polar surface area (TPSA) is 77.5 Å². The van der Waals surface area contributed by atoms with Gasteiger partial charge in [-0.2, -0.15) is 0 Å². The van der Waals surface area contributed by atoms with Gasteiger partial charge < -0.3 is 29.0 Å². The van der Waals surface area contributed by atoms with Crippen LogP contribution in [-0.2, 0) is 9.47 Å². The zero-order chi connectivity index (χ0) is 26.8. The number of fused-ring (bicyclic) bond motifs is 3. The molecule has 1 N–H and O–H groups in total. The van der Waals surface area contributed by atoms with Gasteiger partial charge >= 0.3 is 6.09 Å². The number of allylic oxidation sites excluding steroid dienone is 2. The molecular weight excluding hydrogens is 470 g/mol. The van der Waals surface area contributed by atoms with Crippen molar-refractivity contribution in [1.82, 2.24) is 4.90 Å². The molecule has 0 aromatic heterocycles. The van der Waals surface area contributed by atoms with Gasteiger partial charge in [-0.15, -0.1) is 0 Å². The number of benzene rings is 1. The number of rotatable bonds is 6. The van der Waals surface area contributed by atoms with E-state index in [1.165, 1.54) is 5.57 Å². The van der Waals surface area contributed by atoms with E-state index in [4.69, 9.17) is 24.1 Å². The molecule has 37 heavy (non-hydrogen) atoms. The minimum atomic E-state index is -0.514. The van der Waals surface area contributed by atoms with Crippen LogP contribution in [0.5, 0.6) is 11.5 Å². The van der Waals surface area contributed by atoms with Crippen LogP contribution in [0.2, 0.25) is 0 Å². The van der Waals surface area contributed by atoms with Crippen molar-refractivity contribution in [3.8, 4) is 11.5 Å². The lowest BCUT2D eigenvalue weighted by Crippen LogP contribution is -2.57. The van der Waals surface area contributed by atoms with E-state index in [-0.39, 0.29) is 36.7 Å². The molecule has 7 heteroatoms. The Labute approximate surface area is 222 Å². The smallest absolute Gasteiger partial charge is 0.410 e. The summed E-state index contributed by atoms with van der Waals surface area (Å²) in [5.41, 5.74) is 1.29. The molecule has 0 unspecified atom stereocenters. The quantitative estimate of drug-likeness (QED) is 0.465. The summed E-state index contributed by atoms with van der Waals surface area (Å²) in [5, 5.41) is 9.16. The lowest BCUT2D eigenvalue weighted by Gasteiger charge is -2.55. The molecule has 4 rings (SSSR count). The molecule has 1 aromatic carbocycles. The normalized spacial score (nSPS) is 29.1. The van der Waals surface area contributed by atoms with Crippen molar-refractivity contribution in [3.63, 3.8) is 0 Å². The zero-order valence-corrected chi connectivity index (χ0v) is 23.5. The van der Waals surface area contributed by atoms with Gasteiger partial charge in [0.15, 0.2) is 0 Å². The Morgan fingerprint density at radius 2 is 2.08 bits per heavy atom. The number of carbonyl (C=O) groups excluding carboxylic acids is 1. The lowest BCUT2D eigenvalue weighted by atomic mass is 9.64. The summed E-state index contributed by atoms with van der Waals surface area (Å²) in [7, 11) is 0. The Balaban J connectivity index is 1.60. The van der Waals surface area contributed by atoms with Crippen molar-refractivity contribution in [2.24, 2.45) is 11.3 Å². The number of hydrogen-bond donors (Lipinski definition) is 1. The lowest BCUT2D eigenvalue weighted by molar-refractivity contribution is -0.180. The Morgan fingerprint density at radius 1 is 1.30 bits per heavy atom. The van der Waals surface area contributed by atoms with Gasteiger partial charge in [0.05, 0.1) is 19.3 Å². The van der Waals surface area contributed by atoms with Crippen LogP contribution in [0.25, 0.3) is 0 Å². The number of piperidine rings is 1. The van der Waals surface area contributed by atoms with E-state index in [2.05, 4.69) is 26.8 Å². The summed E-state index contributed by atoms with van der Waals surface area (Å²) in [4.78, 5) is 14.8. The van der Waals surface area contributed by atoms with Crippen LogP contribution in [0.3, 0.4) is 0 Å². The van der Waals surface area contributed by atoms with Gasteiger partial charge in [0, 0.05) is 36.1 Å². The number of aliphatic hydroxyl groups is 1. The van der Waals surface area contributed by atoms with E-state index >= 15 is 0 Å². The first-order valence-electron chi connectivity index (χ1n) is 13.7. The van der Waals surface area contributed by atoms with E-state index in [0.29, 0.717) is 18.9 Å². The van der Waals surface area contributed by atoms with Gasteiger partial charge in [-0.05, 0) is 85.8 Å². The molecule has 1 aromatic rings. The summed E-state index contributed by atoms with van der Waals surface area (Å²) in [5.74, 6) is 1.64. The maximum atomic E-state index is 12.9. The third-order valence-electron chi connectivity index (χ3n) is 7.87. The molecular formula is C30H45NO6. The number of ether oxygens (including phenoxy) is 4. The predicted octanol–water partition coefficient (Wildman–Crippen LogP) is 6.05. The first-order valence-corrected chi connectivity index (χ1v) is 13.7. The second-order valence-corrected chi connectivity index (χ2v) is 12.6. The fourth-order valence-corrected chi connectivity index (χ4v) is 6.13. The van der Waals surface area contributed by atoms with Gasteiger partial charge in [-0.1, -0.05) is 11.6 Å². The maximum absolute atomic E-state index is 12.9. The summed E-state index contributed by atoms with van der Waals surface area (Å²) in [6.07, 6.45) is 6.66. The molecule has 0 radical (unpaired) electrons. The largest absolute Gasteiger partial charge is 0.491 e. The molecule has 2 fully saturated rings. The molecule has 3 heterocycles. The van der Waals surface area contributed by atoms with Gasteiger partial charge in [0.1, 0.15) is 29.3 Å². The van der Waals surface area contributed by atoms with Crippen LogP contribution in [0.1, 0.15) is 85.3 Å². The van der Waals surface area contributed by atoms with E-state index in [1.54, 1.807) is 0 Å². The van der Waals surface area contributed by atoms with E-state index in [0.717, 1.165) is 50.0 Å². The van der Waals surface area contributed by atoms with Gasteiger partial charge in [-0.25, -0.2) is 4.79 Å². The molecule has 206 valence electrons. The number of amides is 1. The minimum Gasteiger partial charge on any atom is -0.491 e. The number of nitrogens with zero attached hydrogens (tertiary/aromatic N) is 1. The van der Waals surface area contributed by atoms with Crippen LogP contribution in [0.4, 0.5) is 4.79 Å². The number of carbonyl (C=O) groups is 1. The first-order chi connectivity index (χ1) is 17.4. The molecule has 2 saturated heterocycles. The summed E-state index contributed by atoms with van der Waals surface area (Å²) >= 11 is 0. The van der Waals surface area contributed by atoms with Crippen molar-refractivity contribution in [1.29, 1.82) is 0 Å². The Kier molecular flexibility index (Phi) is 8.15. The molecule has 7 nitrogen and oxygen atoms in total. The third-order valence-corrected chi connectivity index (χ3v) is 7.87. The maximum Gasteiger partial charge on any atom is 0.410 e. The van der Waals surface area contributed by atoms with E-state index in [1.807, 2.05) is 43.9 Å². The standard InChI is InChI=1S/C30H45NO6/c1-21(2)9-7-12-29(6)24-18-30(13-8-14-31(19-30)27(33)37-28(3,4)5)20-35-26(24)23-11-10-22(34-16-15-32)17-25(23)36-29/h9-11,17,24,26,32H,7-8,12-16,18-20H2,1-6H3/t24-,26+,29+,30-/m0/s1. The number of hydrogen-bond acceptors (Lipinski definition) is 6. The van der Waals surface area contributed by atoms with Crippen molar-refractivity contribution in [2.45, 2.75) is 91.0 Å².